The third-order valence-corrected chi connectivity index (χ3v) is 2.65. The van der Waals surface area contributed by atoms with Gasteiger partial charge in [0.15, 0.2) is 11.5 Å². The highest BCUT2D eigenvalue weighted by Crippen LogP contribution is 2.47. The van der Waals surface area contributed by atoms with Gasteiger partial charge >= 0.3 is 18.2 Å². The van der Waals surface area contributed by atoms with Gasteiger partial charge in [0.2, 0.25) is 0 Å². The van der Waals surface area contributed by atoms with E-state index in [4.69, 9.17) is 5.11 Å². The molecule has 0 amide bonds. The highest BCUT2D eigenvalue weighted by molar-refractivity contribution is 5.76. The van der Waals surface area contributed by atoms with E-state index >= 15 is 0 Å². The van der Waals surface area contributed by atoms with Crippen molar-refractivity contribution in [3.05, 3.63) is 23.8 Å². The quantitative estimate of drug-likeness (QED) is 0.846. The largest absolute Gasteiger partial charge is 0.507 e. The van der Waals surface area contributed by atoms with Gasteiger partial charge in [-0.1, -0.05) is 6.07 Å². The number of benzene rings is 1. The highest BCUT2D eigenvalue weighted by atomic mass is 19.3. The van der Waals surface area contributed by atoms with Crippen LogP contribution in [0.25, 0.3) is 0 Å². The fraction of sp³-hybridized carbons (Fsp3) is 0.364. The minimum atomic E-state index is -4.81. The van der Waals surface area contributed by atoms with E-state index in [1.54, 1.807) is 0 Å². The zero-order chi connectivity index (χ0) is 14.4. The minimum absolute atomic E-state index is 0.135. The van der Waals surface area contributed by atoms with Crippen molar-refractivity contribution in [2.75, 3.05) is 0 Å². The average molecular weight is 280 g/mol. The molecule has 104 valence electrons. The van der Waals surface area contributed by atoms with Gasteiger partial charge in [0.05, 0.1) is 5.92 Å². The molecule has 0 fully saturated rings. The Hall–Kier alpha value is -1.99. The van der Waals surface area contributed by atoms with Crippen LogP contribution in [0.5, 0.6) is 11.5 Å². The molecule has 1 unspecified atom stereocenters. The molecule has 0 saturated heterocycles. The SMILES string of the molecule is CC(C(=O)O)c1ccc2c(c1)OC(F)(F)C(F)(F)O2. The number of aliphatic carboxylic acids is 1. The molecular weight excluding hydrogens is 272 g/mol. The second-order valence-electron chi connectivity index (χ2n) is 4.00. The van der Waals surface area contributed by atoms with E-state index in [9.17, 15) is 22.4 Å². The van der Waals surface area contributed by atoms with Gasteiger partial charge in [-0.2, -0.15) is 17.6 Å². The Kier molecular flexibility index (Phi) is 2.83. The maximum absolute atomic E-state index is 12.9. The van der Waals surface area contributed by atoms with Crippen LogP contribution in [-0.4, -0.2) is 23.3 Å². The maximum atomic E-state index is 12.9. The minimum Gasteiger partial charge on any atom is -0.481 e. The number of fused-ring (bicyclic) bond motifs is 1. The second kappa shape index (κ2) is 4.01. The summed E-state index contributed by atoms with van der Waals surface area (Å²) in [5, 5.41) is 8.79. The lowest BCUT2D eigenvalue weighted by atomic mass is 10.0. The Bertz CT molecular complexity index is 529. The number of alkyl halides is 4. The van der Waals surface area contributed by atoms with Gasteiger partial charge in [-0.15, -0.1) is 0 Å². The molecule has 1 aromatic carbocycles. The molecule has 0 bridgehead atoms. The summed E-state index contributed by atoms with van der Waals surface area (Å²) in [6.45, 7) is 1.32. The highest BCUT2D eigenvalue weighted by Gasteiger charge is 2.65. The number of carbonyl (C=O) groups is 1. The molecule has 1 aromatic rings. The first-order chi connectivity index (χ1) is 8.64. The molecular formula is C11H8F4O4. The fourth-order valence-electron chi connectivity index (χ4n) is 1.50. The lowest BCUT2D eigenvalue weighted by Gasteiger charge is -2.32. The Morgan fingerprint density at radius 1 is 1.16 bits per heavy atom. The Morgan fingerprint density at radius 3 is 2.21 bits per heavy atom. The van der Waals surface area contributed by atoms with Crippen molar-refractivity contribution < 1.29 is 36.9 Å². The normalized spacial score (nSPS) is 20.7. The monoisotopic (exact) mass is 280 g/mol. The Balaban J connectivity index is 2.41. The molecule has 1 heterocycles. The number of carboxylic acids is 1. The molecule has 0 spiro atoms. The molecule has 0 saturated carbocycles. The van der Waals surface area contributed by atoms with Crippen molar-refractivity contribution in [2.45, 2.75) is 25.1 Å². The van der Waals surface area contributed by atoms with Gasteiger partial charge in [-0.05, 0) is 24.6 Å². The third-order valence-electron chi connectivity index (χ3n) is 2.65. The molecule has 19 heavy (non-hydrogen) atoms. The molecule has 1 N–H and O–H groups in total. The van der Waals surface area contributed by atoms with Crippen LogP contribution in [-0.2, 0) is 4.79 Å². The summed E-state index contributed by atoms with van der Waals surface area (Å²) in [6.07, 6.45) is -9.59. The van der Waals surface area contributed by atoms with Crippen molar-refractivity contribution in [1.29, 1.82) is 0 Å². The first kappa shape index (κ1) is 13.4. The standard InChI is InChI=1S/C11H8F4O4/c1-5(9(16)17)6-2-3-7-8(4-6)19-11(14,15)10(12,13)18-7/h2-5H,1H3,(H,16,17). The number of carboxylic acid groups (broad SMARTS) is 1. The van der Waals surface area contributed by atoms with Crippen LogP contribution in [0.1, 0.15) is 18.4 Å². The van der Waals surface area contributed by atoms with Crippen LogP contribution < -0.4 is 9.47 Å². The number of rotatable bonds is 2. The molecule has 2 rings (SSSR count). The van der Waals surface area contributed by atoms with E-state index in [0.29, 0.717) is 0 Å². The first-order valence-electron chi connectivity index (χ1n) is 5.14. The Morgan fingerprint density at radius 2 is 1.68 bits per heavy atom. The van der Waals surface area contributed by atoms with E-state index in [1.807, 2.05) is 0 Å². The van der Waals surface area contributed by atoms with Crippen molar-refractivity contribution in [2.24, 2.45) is 0 Å². The maximum Gasteiger partial charge on any atom is 0.507 e. The van der Waals surface area contributed by atoms with Crippen molar-refractivity contribution >= 4 is 5.97 Å². The third kappa shape index (κ3) is 2.18. The summed E-state index contributed by atoms with van der Waals surface area (Å²) in [4.78, 5) is 10.8. The predicted octanol–water partition coefficient (Wildman–Crippen LogP) is 2.83. The molecule has 0 aliphatic carbocycles. The molecule has 4 nitrogen and oxygen atoms in total. The summed E-state index contributed by atoms with van der Waals surface area (Å²) in [5.41, 5.74) is 0.135. The zero-order valence-electron chi connectivity index (χ0n) is 9.49. The number of halogens is 4. The van der Waals surface area contributed by atoms with Crippen molar-refractivity contribution in [3.8, 4) is 11.5 Å². The van der Waals surface area contributed by atoms with Gasteiger partial charge in [-0.25, -0.2) is 0 Å². The van der Waals surface area contributed by atoms with Crippen molar-refractivity contribution in [1.82, 2.24) is 0 Å². The van der Waals surface area contributed by atoms with Gasteiger partial charge < -0.3 is 14.6 Å². The molecule has 1 aliphatic heterocycles. The van der Waals surface area contributed by atoms with Crippen LogP contribution in [0.3, 0.4) is 0 Å². The van der Waals surface area contributed by atoms with Gasteiger partial charge in [-0.3, -0.25) is 4.79 Å². The summed E-state index contributed by atoms with van der Waals surface area (Å²) >= 11 is 0. The van der Waals surface area contributed by atoms with Crippen LogP contribution in [0, 0.1) is 0 Å². The molecule has 0 aromatic heterocycles. The van der Waals surface area contributed by atoms with E-state index in [0.717, 1.165) is 12.1 Å². The van der Waals surface area contributed by atoms with Crippen LogP contribution in [0.15, 0.2) is 18.2 Å². The summed E-state index contributed by atoms with van der Waals surface area (Å²) < 4.78 is 59.4. The van der Waals surface area contributed by atoms with Crippen LogP contribution >= 0.6 is 0 Å². The number of ether oxygens (including phenoxy) is 2. The fourth-order valence-corrected chi connectivity index (χ4v) is 1.50. The van der Waals surface area contributed by atoms with Crippen LogP contribution in [0.2, 0.25) is 0 Å². The number of hydrogen-bond donors (Lipinski definition) is 1. The summed E-state index contributed by atoms with van der Waals surface area (Å²) in [5.74, 6) is -3.38. The lowest BCUT2D eigenvalue weighted by Crippen LogP contribution is -2.52. The van der Waals surface area contributed by atoms with E-state index in [1.165, 1.54) is 13.0 Å². The first-order valence-corrected chi connectivity index (χ1v) is 5.14. The smallest absolute Gasteiger partial charge is 0.481 e. The number of hydrogen-bond acceptors (Lipinski definition) is 3. The van der Waals surface area contributed by atoms with Crippen molar-refractivity contribution in [3.63, 3.8) is 0 Å². The molecule has 8 heteroatoms. The van der Waals surface area contributed by atoms with E-state index in [2.05, 4.69) is 9.47 Å². The molecule has 1 aliphatic rings. The van der Waals surface area contributed by atoms with Gasteiger partial charge in [0, 0.05) is 0 Å². The topological polar surface area (TPSA) is 55.8 Å². The average Bonchev–Trinajstić information content (AvgIpc) is 2.28. The molecule has 0 radical (unpaired) electrons. The van der Waals surface area contributed by atoms with Crippen LogP contribution in [0.4, 0.5) is 17.6 Å². The molecule has 1 atom stereocenters. The predicted molar refractivity (Wildman–Crippen MR) is 53.6 cm³/mol. The summed E-state index contributed by atoms with van der Waals surface area (Å²) in [7, 11) is 0. The summed E-state index contributed by atoms with van der Waals surface area (Å²) in [6, 6.07) is 3.10. The van der Waals surface area contributed by atoms with E-state index < -0.39 is 35.6 Å². The zero-order valence-corrected chi connectivity index (χ0v) is 9.49. The lowest BCUT2D eigenvalue weighted by molar-refractivity contribution is -0.391. The second-order valence-corrected chi connectivity index (χ2v) is 4.00. The Labute approximate surface area is 104 Å². The van der Waals surface area contributed by atoms with E-state index in [-0.39, 0.29) is 5.56 Å². The van der Waals surface area contributed by atoms with Gasteiger partial charge in [0.1, 0.15) is 0 Å². The van der Waals surface area contributed by atoms with Gasteiger partial charge in [0.25, 0.3) is 0 Å².